The molecule has 1 aliphatic rings. The molecular formula is C27H38ClN5O3S. The minimum Gasteiger partial charge on any atom is -0.350 e. The number of carbonyl (C=O) groups excluding carboxylic acids is 3. The minimum atomic E-state index is -0.765. The number of likely N-dealkylation sites (N-methyl/N-ethyl adjacent to an activating group) is 1. The lowest BCUT2D eigenvalue weighted by atomic mass is 9.97. The molecule has 0 bridgehead atoms. The number of aromatic nitrogens is 1. The average Bonchev–Trinajstić information content (AvgIpc) is 3.50. The van der Waals surface area contributed by atoms with Gasteiger partial charge in [-0.05, 0) is 57.5 Å². The summed E-state index contributed by atoms with van der Waals surface area (Å²) in [5, 5.41) is 10.4. The van der Waals surface area contributed by atoms with Gasteiger partial charge in [-0.25, -0.2) is 4.98 Å². The molecule has 3 amide bonds. The van der Waals surface area contributed by atoms with Gasteiger partial charge in [-0.3, -0.25) is 14.4 Å². The highest BCUT2D eigenvalue weighted by Crippen LogP contribution is 2.28. The van der Waals surface area contributed by atoms with Gasteiger partial charge in [0.25, 0.3) is 0 Å². The third kappa shape index (κ3) is 8.79. The van der Waals surface area contributed by atoms with Crippen LogP contribution in [0, 0.1) is 5.92 Å². The number of benzene rings is 1. The maximum Gasteiger partial charge on any atom is 0.247 e. The van der Waals surface area contributed by atoms with E-state index in [4.69, 9.17) is 11.6 Å². The summed E-state index contributed by atoms with van der Waals surface area (Å²) in [5.41, 5.74) is 1.29. The average molecular weight is 548 g/mol. The van der Waals surface area contributed by atoms with Crippen molar-refractivity contribution in [2.45, 2.75) is 64.0 Å². The van der Waals surface area contributed by atoms with Crippen molar-refractivity contribution in [2.75, 3.05) is 27.2 Å². The maximum absolute atomic E-state index is 13.5. The molecule has 0 spiro atoms. The molecule has 1 aliphatic carbocycles. The largest absolute Gasteiger partial charge is 0.350 e. The molecule has 3 N–H and O–H groups in total. The highest BCUT2D eigenvalue weighted by Gasteiger charge is 2.30. The minimum absolute atomic E-state index is 0.169. The van der Waals surface area contributed by atoms with Gasteiger partial charge in [0.1, 0.15) is 6.04 Å². The first-order chi connectivity index (χ1) is 17.7. The molecule has 2 atom stereocenters. The molecule has 202 valence electrons. The van der Waals surface area contributed by atoms with E-state index in [-0.39, 0.29) is 36.1 Å². The Morgan fingerprint density at radius 2 is 1.95 bits per heavy atom. The van der Waals surface area contributed by atoms with E-state index in [0.717, 1.165) is 40.9 Å². The molecule has 0 unspecified atom stereocenters. The Balaban J connectivity index is 1.73. The number of carbonyl (C=O) groups is 3. The van der Waals surface area contributed by atoms with Crippen LogP contribution >= 0.6 is 22.9 Å². The highest BCUT2D eigenvalue weighted by molar-refractivity contribution is 7.18. The third-order valence-electron chi connectivity index (χ3n) is 6.51. The first-order valence-electron chi connectivity index (χ1n) is 12.9. The summed E-state index contributed by atoms with van der Waals surface area (Å²) in [5.74, 6) is -0.382. The van der Waals surface area contributed by atoms with Gasteiger partial charge in [0, 0.05) is 42.6 Å². The zero-order valence-corrected chi connectivity index (χ0v) is 23.5. The van der Waals surface area contributed by atoms with Crippen molar-refractivity contribution < 1.29 is 14.4 Å². The molecule has 0 radical (unpaired) electrons. The molecule has 0 saturated heterocycles. The van der Waals surface area contributed by atoms with Crippen LogP contribution in [0.1, 0.15) is 50.5 Å². The van der Waals surface area contributed by atoms with Crippen molar-refractivity contribution in [2.24, 2.45) is 5.92 Å². The summed E-state index contributed by atoms with van der Waals surface area (Å²) < 4.78 is 0.936. The maximum atomic E-state index is 13.5. The Hall–Kier alpha value is -2.49. The molecule has 1 saturated carbocycles. The fourth-order valence-electron chi connectivity index (χ4n) is 4.67. The topological polar surface area (TPSA) is 103 Å². The Bertz CT molecular complexity index is 1110. The lowest BCUT2D eigenvalue weighted by molar-refractivity contribution is -0.129. The number of nitrogens with zero attached hydrogens (tertiary/aromatic N) is 2. The molecule has 1 heterocycles. The van der Waals surface area contributed by atoms with Crippen LogP contribution in [0.25, 0.3) is 10.2 Å². The van der Waals surface area contributed by atoms with Gasteiger partial charge in [0.2, 0.25) is 17.7 Å². The lowest BCUT2D eigenvalue weighted by Gasteiger charge is -2.28. The van der Waals surface area contributed by atoms with Crippen LogP contribution in [0.3, 0.4) is 0 Å². The second kappa shape index (κ2) is 13.9. The van der Waals surface area contributed by atoms with Gasteiger partial charge >= 0.3 is 0 Å². The quantitative estimate of drug-likeness (QED) is 0.332. The van der Waals surface area contributed by atoms with Crippen LogP contribution in [-0.2, 0) is 20.8 Å². The summed E-state index contributed by atoms with van der Waals surface area (Å²) in [4.78, 5) is 45.1. The molecule has 1 fully saturated rings. The zero-order valence-electron chi connectivity index (χ0n) is 21.9. The van der Waals surface area contributed by atoms with Crippen LogP contribution < -0.4 is 16.0 Å². The SMILES string of the molecule is C=C(CN(C)C)C(=O)NC[C@@H](NC(=O)[C@H](Cc1nc2ccc(Cl)cc2s1)NC(=O)CCC)C1CCCC1. The molecule has 2 aromatic rings. The van der Waals surface area contributed by atoms with Gasteiger partial charge < -0.3 is 20.9 Å². The summed E-state index contributed by atoms with van der Waals surface area (Å²) in [7, 11) is 3.76. The normalized spacial score (nSPS) is 15.5. The Labute approximate surface area is 228 Å². The van der Waals surface area contributed by atoms with E-state index < -0.39 is 6.04 Å². The fraction of sp³-hybridized carbons (Fsp3) is 0.556. The predicted molar refractivity (Wildman–Crippen MR) is 150 cm³/mol. The van der Waals surface area contributed by atoms with Crippen LogP contribution in [-0.4, -0.2) is 66.9 Å². The monoisotopic (exact) mass is 547 g/mol. The summed E-state index contributed by atoms with van der Waals surface area (Å²) >= 11 is 7.59. The standard InChI is InChI=1S/C27H38ClN5O3S/c1-5-8-24(34)30-21(14-25-31-20-12-11-19(28)13-23(20)37-25)27(36)32-22(18-9-6-7-10-18)15-29-26(35)17(2)16-33(3)4/h11-13,18,21-22H,2,5-10,14-16H2,1,3-4H3,(H,29,35)(H,30,34)(H,32,36)/t21-,22+/m0/s1. The molecule has 37 heavy (non-hydrogen) atoms. The van der Waals surface area contributed by atoms with E-state index in [1.54, 1.807) is 6.07 Å². The summed E-state index contributed by atoms with van der Waals surface area (Å²) in [6, 6.07) is 4.50. The number of rotatable bonds is 13. The van der Waals surface area contributed by atoms with E-state index in [9.17, 15) is 14.4 Å². The van der Waals surface area contributed by atoms with Gasteiger partial charge in [-0.1, -0.05) is 37.9 Å². The van der Waals surface area contributed by atoms with Crippen LogP contribution in [0.15, 0.2) is 30.4 Å². The Morgan fingerprint density at radius 1 is 1.22 bits per heavy atom. The van der Waals surface area contributed by atoms with Gasteiger partial charge in [0.15, 0.2) is 0 Å². The van der Waals surface area contributed by atoms with Gasteiger partial charge in [0.05, 0.1) is 15.2 Å². The van der Waals surface area contributed by atoms with E-state index in [1.165, 1.54) is 11.3 Å². The summed E-state index contributed by atoms with van der Waals surface area (Å²) in [6.45, 7) is 6.58. The van der Waals surface area contributed by atoms with E-state index in [1.807, 2.05) is 38.1 Å². The van der Waals surface area contributed by atoms with Crippen molar-refractivity contribution >= 4 is 50.9 Å². The number of hydrogen-bond acceptors (Lipinski definition) is 6. The van der Waals surface area contributed by atoms with E-state index >= 15 is 0 Å². The first-order valence-corrected chi connectivity index (χ1v) is 14.1. The first kappa shape index (κ1) is 29.1. The highest BCUT2D eigenvalue weighted by atomic mass is 35.5. The Kier molecular flexibility index (Phi) is 10.9. The van der Waals surface area contributed by atoms with E-state index in [0.29, 0.717) is 36.5 Å². The molecular weight excluding hydrogens is 510 g/mol. The van der Waals surface area contributed by atoms with Crippen molar-refractivity contribution in [3.05, 3.63) is 40.4 Å². The number of hydrogen-bond donors (Lipinski definition) is 3. The fourth-order valence-corrected chi connectivity index (χ4v) is 5.96. The molecule has 1 aromatic carbocycles. The lowest BCUT2D eigenvalue weighted by Crippen LogP contribution is -2.55. The number of amides is 3. The van der Waals surface area contributed by atoms with Crippen molar-refractivity contribution in [1.29, 1.82) is 0 Å². The number of fused-ring (bicyclic) bond motifs is 1. The van der Waals surface area contributed by atoms with E-state index in [2.05, 4.69) is 27.5 Å². The zero-order chi connectivity index (χ0) is 26.9. The number of nitrogens with one attached hydrogen (secondary N) is 3. The van der Waals surface area contributed by atoms with Crippen molar-refractivity contribution in [3.63, 3.8) is 0 Å². The van der Waals surface area contributed by atoms with Crippen LogP contribution in [0.2, 0.25) is 5.02 Å². The second-order valence-electron chi connectivity index (χ2n) is 10.0. The van der Waals surface area contributed by atoms with Crippen molar-refractivity contribution in [3.8, 4) is 0 Å². The van der Waals surface area contributed by atoms with Crippen LogP contribution in [0.4, 0.5) is 0 Å². The molecule has 1 aromatic heterocycles. The number of halogens is 1. The molecule has 3 rings (SSSR count). The molecule has 10 heteroatoms. The summed E-state index contributed by atoms with van der Waals surface area (Å²) in [6.07, 6.45) is 5.49. The van der Waals surface area contributed by atoms with Gasteiger partial charge in [-0.2, -0.15) is 0 Å². The molecule has 8 nitrogen and oxygen atoms in total. The van der Waals surface area contributed by atoms with Crippen LogP contribution in [0.5, 0.6) is 0 Å². The van der Waals surface area contributed by atoms with Gasteiger partial charge in [-0.15, -0.1) is 11.3 Å². The smallest absolute Gasteiger partial charge is 0.247 e. The second-order valence-corrected chi connectivity index (χ2v) is 11.6. The number of thiazole rings is 1. The third-order valence-corrected chi connectivity index (χ3v) is 7.79. The Morgan fingerprint density at radius 3 is 2.62 bits per heavy atom. The molecule has 0 aliphatic heterocycles. The predicted octanol–water partition coefficient (Wildman–Crippen LogP) is 3.69. The van der Waals surface area contributed by atoms with Crippen molar-refractivity contribution in [1.82, 2.24) is 25.8 Å².